The molecule has 2 heteroatoms. The fourth-order valence-corrected chi connectivity index (χ4v) is 8.53. The number of hydrogen-bond donors (Lipinski definition) is 0. The van der Waals surface area contributed by atoms with Gasteiger partial charge in [-0.2, -0.15) is 0 Å². The largest absolute Gasteiger partial charge is 0.456 e. The van der Waals surface area contributed by atoms with Crippen molar-refractivity contribution in [1.82, 2.24) is 0 Å². The van der Waals surface area contributed by atoms with Crippen LogP contribution in [0.3, 0.4) is 0 Å². The van der Waals surface area contributed by atoms with Crippen LogP contribution in [-0.4, -0.2) is 0 Å². The van der Waals surface area contributed by atoms with Crippen molar-refractivity contribution in [2.75, 3.05) is 4.90 Å². The van der Waals surface area contributed by atoms with E-state index in [1.807, 2.05) is 0 Å². The summed E-state index contributed by atoms with van der Waals surface area (Å²) in [5, 5.41) is 2.21. The monoisotopic (exact) mass is 715 g/mol. The first kappa shape index (κ1) is 34.9. The molecule has 0 radical (unpaired) electrons. The Kier molecular flexibility index (Phi) is 7.99. The van der Waals surface area contributed by atoms with E-state index in [-0.39, 0.29) is 16.2 Å². The third kappa shape index (κ3) is 5.96. The minimum absolute atomic E-state index is 0.0380. The van der Waals surface area contributed by atoms with E-state index in [2.05, 4.69) is 212 Å². The number of para-hydroxylation sites is 1. The van der Waals surface area contributed by atoms with Crippen molar-refractivity contribution in [3.63, 3.8) is 0 Å². The normalized spacial score (nSPS) is 13.6. The van der Waals surface area contributed by atoms with Gasteiger partial charge in [-0.25, -0.2) is 0 Å². The summed E-state index contributed by atoms with van der Waals surface area (Å²) in [4.78, 5) is 2.45. The van der Waals surface area contributed by atoms with Gasteiger partial charge in [-0.3, -0.25) is 0 Å². The second-order valence-electron chi connectivity index (χ2n) is 17.9. The maximum Gasteiger partial charge on any atom is 0.138 e. The standard InChI is InChI=1S/C53H49NO/c1-51(2,3)38-28-36(29-39(32-38)52(4,5)6)35-22-24-40(25-23-35)54(41-26-27-43-42-18-12-14-20-45(42)53(7,8)46(43)33-41)47-30-37(34-16-10-9-11-17-34)31-49-50(47)44-19-13-15-21-48(44)55-49/h9-33H,1-8H3. The molecule has 0 spiro atoms. The summed E-state index contributed by atoms with van der Waals surface area (Å²) in [5.74, 6) is 0. The summed E-state index contributed by atoms with van der Waals surface area (Å²) in [6.07, 6.45) is 0. The molecule has 0 fully saturated rings. The number of nitrogens with zero attached hydrogens (tertiary/aromatic N) is 1. The average molecular weight is 716 g/mol. The van der Waals surface area contributed by atoms with Crippen LogP contribution in [0.4, 0.5) is 17.1 Å². The first-order valence-electron chi connectivity index (χ1n) is 19.6. The maximum absolute atomic E-state index is 6.65. The van der Waals surface area contributed by atoms with Crippen LogP contribution in [0.5, 0.6) is 0 Å². The first-order chi connectivity index (χ1) is 26.3. The van der Waals surface area contributed by atoms with Crippen LogP contribution < -0.4 is 4.90 Å². The minimum Gasteiger partial charge on any atom is -0.456 e. The molecule has 55 heavy (non-hydrogen) atoms. The molecular formula is C53H49NO. The third-order valence-corrected chi connectivity index (χ3v) is 11.8. The van der Waals surface area contributed by atoms with E-state index in [0.29, 0.717) is 0 Å². The molecule has 7 aromatic carbocycles. The lowest BCUT2D eigenvalue weighted by molar-refractivity contribution is 0.569. The Morgan fingerprint density at radius 2 is 1.04 bits per heavy atom. The topological polar surface area (TPSA) is 16.4 Å². The smallest absolute Gasteiger partial charge is 0.138 e. The number of anilines is 3. The van der Waals surface area contributed by atoms with Crippen LogP contribution >= 0.6 is 0 Å². The van der Waals surface area contributed by atoms with Gasteiger partial charge in [0.15, 0.2) is 0 Å². The summed E-state index contributed by atoms with van der Waals surface area (Å²) in [7, 11) is 0. The quantitative estimate of drug-likeness (QED) is 0.176. The number of fused-ring (bicyclic) bond motifs is 6. The molecule has 2 nitrogen and oxygen atoms in total. The molecule has 1 aliphatic rings. The zero-order chi connectivity index (χ0) is 38.3. The summed E-state index contributed by atoms with van der Waals surface area (Å²) in [6, 6.07) is 55.9. The Labute approximate surface area is 326 Å². The molecule has 9 rings (SSSR count). The molecule has 0 saturated carbocycles. The molecule has 0 unspecified atom stereocenters. The highest BCUT2D eigenvalue weighted by Gasteiger charge is 2.36. The van der Waals surface area contributed by atoms with Crippen molar-refractivity contribution >= 4 is 39.0 Å². The van der Waals surface area contributed by atoms with Crippen molar-refractivity contribution in [1.29, 1.82) is 0 Å². The molecule has 0 amide bonds. The molecule has 0 bridgehead atoms. The zero-order valence-corrected chi connectivity index (χ0v) is 33.3. The van der Waals surface area contributed by atoms with Crippen LogP contribution in [0.15, 0.2) is 156 Å². The van der Waals surface area contributed by atoms with E-state index in [9.17, 15) is 0 Å². The maximum atomic E-state index is 6.65. The number of rotatable bonds is 5. The van der Waals surface area contributed by atoms with Gasteiger partial charge in [0.25, 0.3) is 0 Å². The summed E-state index contributed by atoms with van der Waals surface area (Å²) >= 11 is 0. The lowest BCUT2D eigenvalue weighted by Gasteiger charge is -2.29. The molecular weight excluding hydrogens is 667 g/mol. The molecule has 1 aliphatic carbocycles. The van der Waals surface area contributed by atoms with Crippen LogP contribution in [0.2, 0.25) is 0 Å². The molecule has 0 atom stereocenters. The predicted octanol–water partition coefficient (Wildman–Crippen LogP) is 15.3. The molecule has 272 valence electrons. The van der Waals surface area contributed by atoms with Crippen molar-refractivity contribution in [3.8, 4) is 33.4 Å². The Bertz CT molecular complexity index is 2700. The van der Waals surface area contributed by atoms with Crippen molar-refractivity contribution in [2.24, 2.45) is 0 Å². The van der Waals surface area contributed by atoms with Crippen LogP contribution in [0.25, 0.3) is 55.3 Å². The zero-order valence-electron chi connectivity index (χ0n) is 33.3. The van der Waals surface area contributed by atoms with Crippen molar-refractivity contribution in [2.45, 2.75) is 71.6 Å². The van der Waals surface area contributed by atoms with Gasteiger partial charge in [0, 0.05) is 22.2 Å². The third-order valence-electron chi connectivity index (χ3n) is 11.8. The Morgan fingerprint density at radius 3 is 1.75 bits per heavy atom. The Balaban J connectivity index is 1.28. The molecule has 0 N–H and O–H groups in total. The van der Waals surface area contributed by atoms with Crippen LogP contribution in [0.1, 0.15) is 77.6 Å². The number of furan rings is 1. The number of benzene rings is 7. The van der Waals surface area contributed by atoms with Gasteiger partial charge in [-0.1, -0.05) is 165 Å². The van der Waals surface area contributed by atoms with E-state index in [0.717, 1.165) is 50.1 Å². The highest BCUT2D eigenvalue weighted by atomic mass is 16.3. The average Bonchev–Trinajstić information content (AvgIpc) is 3.66. The van der Waals surface area contributed by atoms with Gasteiger partial charge in [-0.15, -0.1) is 0 Å². The van der Waals surface area contributed by atoms with Crippen LogP contribution in [0, 0.1) is 0 Å². The van der Waals surface area contributed by atoms with Gasteiger partial charge in [0.05, 0.1) is 11.1 Å². The Hall–Kier alpha value is -5.86. The van der Waals surface area contributed by atoms with Gasteiger partial charge in [0.2, 0.25) is 0 Å². The second kappa shape index (κ2) is 12.6. The molecule has 8 aromatic rings. The van der Waals surface area contributed by atoms with E-state index in [4.69, 9.17) is 4.42 Å². The fourth-order valence-electron chi connectivity index (χ4n) is 8.53. The Morgan fingerprint density at radius 1 is 0.455 bits per heavy atom. The highest BCUT2D eigenvalue weighted by molar-refractivity contribution is 6.14. The second-order valence-corrected chi connectivity index (χ2v) is 17.9. The van der Waals surface area contributed by atoms with E-state index in [1.165, 1.54) is 44.5 Å². The van der Waals surface area contributed by atoms with E-state index >= 15 is 0 Å². The fraction of sp³-hybridized carbons (Fsp3) is 0.208. The predicted molar refractivity (Wildman–Crippen MR) is 234 cm³/mol. The first-order valence-corrected chi connectivity index (χ1v) is 19.6. The van der Waals surface area contributed by atoms with Crippen molar-refractivity contribution in [3.05, 3.63) is 174 Å². The number of hydrogen-bond acceptors (Lipinski definition) is 2. The summed E-state index contributed by atoms with van der Waals surface area (Å²) in [6.45, 7) is 18.5. The van der Waals surface area contributed by atoms with Crippen molar-refractivity contribution < 1.29 is 4.42 Å². The summed E-state index contributed by atoms with van der Waals surface area (Å²) in [5.41, 5.74) is 17.8. The lowest BCUT2D eigenvalue weighted by atomic mass is 9.79. The summed E-state index contributed by atoms with van der Waals surface area (Å²) < 4.78 is 6.65. The van der Waals surface area contributed by atoms with Crippen LogP contribution in [-0.2, 0) is 16.2 Å². The molecule has 1 aromatic heterocycles. The highest BCUT2D eigenvalue weighted by Crippen LogP contribution is 2.52. The van der Waals surface area contributed by atoms with Gasteiger partial charge in [-0.05, 0) is 109 Å². The molecule has 0 aliphatic heterocycles. The van der Waals surface area contributed by atoms with Gasteiger partial charge >= 0.3 is 0 Å². The van der Waals surface area contributed by atoms with Gasteiger partial charge in [0.1, 0.15) is 11.2 Å². The lowest BCUT2D eigenvalue weighted by Crippen LogP contribution is -2.17. The molecule has 0 saturated heterocycles. The molecule has 1 heterocycles. The minimum atomic E-state index is -0.135. The van der Waals surface area contributed by atoms with Gasteiger partial charge < -0.3 is 9.32 Å². The SMILES string of the molecule is CC(C)(C)c1cc(-c2ccc(N(c3ccc4c(c3)C(C)(C)c3ccccc3-4)c3cc(-c4ccccc4)cc4oc5ccccc5c34)cc2)cc(C(C)(C)C)c1. The van der Waals surface area contributed by atoms with E-state index < -0.39 is 0 Å². The van der Waals surface area contributed by atoms with E-state index in [1.54, 1.807) is 0 Å².